The molecule has 0 atom stereocenters. The van der Waals surface area contributed by atoms with E-state index >= 15 is 0 Å². The molecule has 21 heavy (non-hydrogen) atoms. The smallest absolute Gasteiger partial charge is 0.257 e. The van der Waals surface area contributed by atoms with Crippen molar-refractivity contribution in [1.29, 1.82) is 0 Å². The summed E-state index contributed by atoms with van der Waals surface area (Å²) in [6, 6.07) is 12.6. The summed E-state index contributed by atoms with van der Waals surface area (Å²) in [5.41, 5.74) is 2.39. The molecule has 0 spiro atoms. The predicted octanol–water partition coefficient (Wildman–Crippen LogP) is 4.38. The number of halogens is 2. The molecule has 0 saturated carbocycles. The lowest BCUT2D eigenvalue weighted by Gasteiger charge is -2.12. The SMILES string of the molecule is Cc1cc(I)ccc1NC(=S)NC(=O)c1cccc(Cl)c1. The molecule has 6 heteroatoms. The molecule has 0 fully saturated rings. The third kappa shape index (κ3) is 4.66. The first-order valence-corrected chi connectivity index (χ1v) is 7.96. The number of rotatable bonds is 2. The van der Waals surface area contributed by atoms with Gasteiger partial charge >= 0.3 is 0 Å². The number of aryl methyl sites for hydroxylation is 1. The van der Waals surface area contributed by atoms with Gasteiger partial charge in [-0.05, 0) is 83.7 Å². The Kier molecular flexibility index (Phi) is 5.55. The molecule has 0 unspecified atom stereocenters. The molecule has 2 aromatic carbocycles. The minimum atomic E-state index is -0.293. The molecule has 0 heterocycles. The number of hydrogen-bond acceptors (Lipinski definition) is 2. The highest BCUT2D eigenvalue weighted by Gasteiger charge is 2.09. The average Bonchev–Trinajstić information content (AvgIpc) is 2.42. The van der Waals surface area contributed by atoms with Crippen LogP contribution in [0.1, 0.15) is 15.9 Å². The fourth-order valence-electron chi connectivity index (χ4n) is 1.73. The van der Waals surface area contributed by atoms with Gasteiger partial charge in [-0.15, -0.1) is 0 Å². The number of thiocarbonyl (C=S) groups is 1. The molecule has 2 aromatic rings. The van der Waals surface area contributed by atoms with Gasteiger partial charge in [-0.25, -0.2) is 0 Å². The number of hydrogen-bond donors (Lipinski definition) is 2. The Morgan fingerprint density at radius 1 is 1.24 bits per heavy atom. The second-order valence-corrected chi connectivity index (χ2v) is 6.47. The minimum Gasteiger partial charge on any atom is -0.332 e. The van der Waals surface area contributed by atoms with E-state index in [1.165, 1.54) is 0 Å². The van der Waals surface area contributed by atoms with E-state index in [1.807, 2.05) is 25.1 Å². The van der Waals surface area contributed by atoms with Crippen LogP contribution in [-0.4, -0.2) is 11.0 Å². The lowest BCUT2D eigenvalue weighted by atomic mass is 10.2. The third-order valence-electron chi connectivity index (χ3n) is 2.75. The quantitative estimate of drug-likeness (QED) is 0.549. The minimum absolute atomic E-state index is 0.254. The Morgan fingerprint density at radius 3 is 2.67 bits per heavy atom. The van der Waals surface area contributed by atoms with Crippen molar-refractivity contribution < 1.29 is 4.79 Å². The van der Waals surface area contributed by atoms with E-state index < -0.39 is 0 Å². The summed E-state index contributed by atoms with van der Waals surface area (Å²) in [5.74, 6) is -0.293. The van der Waals surface area contributed by atoms with Crippen LogP contribution in [0.25, 0.3) is 0 Å². The number of carbonyl (C=O) groups is 1. The standard InChI is InChI=1S/C15H12ClIN2OS/c1-9-7-12(17)5-6-13(9)18-15(21)19-14(20)10-3-2-4-11(16)8-10/h2-8H,1H3,(H2,18,19,20,21). The molecule has 1 amide bonds. The van der Waals surface area contributed by atoms with Crippen molar-refractivity contribution in [3.63, 3.8) is 0 Å². The van der Waals surface area contributed by atoms with E-state index in [0.717, 1.165) is 14.8 Å². The highest BCUT2D eigenvalue weighted by molar-refractivity contribution is 14.1. The maximum absolute atomic E-state index is 12.0. The van der Waals surface area contributed by atoms with Gasteiger partial charge in [-0.2, -0.15) is 0 Å². The first kappa shape index (κ1) is 16.2. The summed E-state index contributed by atoms with van der Waals surface area (Å²) in [5, 5.41) is 6.41. The van der Waals surface area contributed by atoms with Gasteiger partial charge in [-0.3, -0.25) is 10.1 Å². The van der Waals surface area contributed by atoms with Gasteiger partial charge in [0.1, 0.15) is 0 Å². The molecule has 2 rings (SSSR count). The van der Waals surface area contributed by atoms with Gasteiger partial charge < -0.3 is 5.32 Å². The highest BCUT2D eigenvalue weighted by Crippen LogP contribution is 2.17. The lowest BCUT2D eigenvalue weighted by molar-refractivity contribution is 0.0977. The summed E-state index contributed by atoms with van der Waals surface area (Å²) in [6.07, 6.45) is 0. The molecule has 3 nitrogen and oxygen atoms in total. The summed E-state index contributed by atoms with van der Waals surface area (Å²) in [6.45, 7) is 1.98. The maximum Gasteiger partial charge on any atom is 0.257 e. The fourth-order valence-corrected chi connectivity index (χ4v) is 2.77. The molecular weight excluding hydrogens is 419 g/mol. The van der Waals surface area contributed by atoms with Crippen molar-refractivity contribution >= 4 is 63.1 Å². The van der Waals surface area contributed by atoms with Crippen molar-refractivity contribution in [3.05, 3.63) is 62.2 Å². The molecular formula is C15H12ClIN2OS. The first-order valence-electron chi connectivity index (χ1n) is 6.10. The Hall–Kier alpha value is -1.18. The Labute approximate surface area is 147 Å². The fraction of sp³-hybridized carbons (Fsp3) is 0.0667. The van der Waals surface area contributed by atoms with Gasteiger partial charge in [0.05, 0.1) is 0 Å². The van der Waals surface area contributed by atoms with Crippen LogP contribution in [-0.2, 0) is 0 Å². The van der Waals surface area contributed by atoms with E-state index in [2.05, 4.69) is 33.2 Å². The molecule has 0 saturated heterocycles. The van der Waals surface area contributed by atoms with Gasteiger partial charge in [0.25, 0.3) is 5.91 Å². The molecule has 2 N–H and O–H groups in total. The average molecular weight is 431 g/mol. The topological polar surface area (TPSA) is 41.1 Å². The van der Waals surface area contributed by atoms with Crippen LogP contribution in [0.3, 0.4) is 0 Å². The molecule has 0 radical (unpaired) electrons. The van der Waals surface area contributed by atoms with Gasteiger partial charge in [0, 0.05) is 19.8 Å². The molecule has 0 bridgehead atoms. The van der Waals surface area contributed by atoms with Crippen LogP contribution in [0.5, 0.6) is 0 Å². The summed E-state index contributed by atoms with van der Waals surface area (Å²) >= 11 is 13.3. The molecule has 0 aromatic heterocycles. The Bertz CT molecular complexity index is 706. The van der Waals surface area contributed by atoms with E-state index in [-0.39, 0.29) is 11.0 Å². The van der Waals surface area contributed by atoms with E-state index in [9.17, 15) is 4.79 Å². The van der Waals surface area contributed by atoms with E-state index in [4.69, 9.17) is 23.8 Å². The zero-order valence-electron chi connectivity index (χ0n) is 11.1. The monoisotopic (exact) mass is 430 g/mol. The number of amides is 1. The van der Waals surface area contributed by atoms with Gasteiger partial charge in [0.15, 0.2) is 5.11 Å². The van der Waals surface area contributed by atoms with Crippen LogP contribution >= 0.6 is 46.4 Å². The summed E-state index contributed by atoms with van der Waals surface area (Å²) in [4.78, 5) is 12.0. The number of anilines is 1. The van der Waals surface area contributed by atoms with Crippen LogP contribution in [0.4, 0.5) is 5.69 Å². The van der Waals surface area contributed by atoms with Crippen LogP contribution < -0.4 is 10.6 Å². The summed E-state index contributed by atoms with van der Waals surface area (Å²) in [7, 11) is 0. The van der Waals surface area contributed by atoms with Crippen LogP contribution in [0, 0.1) is 10.5 Å². The number of nitrogens with one attached hydrogen (secondary N) is 2. The van der Waals surface area contributed by atoms with Crippen molar-refractivity contribution in [3.8, 4) is 0 Å². The maximum atomic E-state index is 12.0. The van der Waals surface area contributed by atoms with Crippen LogP contribution in [0.15, 0.2) is 42.5 Å². The van der Waals surface area contributed by atoms with Crippen molar-refractivity contribution in [1.82, 2.24) is 5.32 Å². The number of carbonyl (C=O) groups excluding carboxylic acids is 1. The normalized spacial score (nSPS) is 10.0. The molecule has 0 aliphatic carbocycles. The Morgan fingerprint density at radius 2 is 2.00 bits per heavy atom. The second-order valence-electron chi connectivity index (χ2n) is 4.38. The van der Waals surface area contributed by atoms with Crippen LogP contribution in [0.2, 0.25) is 5.02 Å². The predicted molar refractivity (Wildman–Crippen MR) is 99.0 cm³/mol. The zero-order valence-corrected chi connectivity index (χ0v) is 14.8. The van der Waals surface area contributed by atoms with E-state index in [0.29, 0.717) is 10.6 Å². The van der Waals surface area contributed by atoms with Crippen molar-refractivity contribution in [2.45, 2.75) is 6.92 Å². The van der Waals surface area contributed by atoms with Gasteiger partial charge in [-0.1, -0.05) is 17.7 Å². The van der Waals surface area contributed by atoms with Crippen molar-refractivity contribution in [2.24, 2.45) is 0 Å². The Balaban J connectivity index is 2.03. The van der Waals surface area contributed by atoms with E-state index in [1.54, 1.807) is 24.3 Å². The molecule has 0 aliphatic heterocycles. The number of benzene rings is 2. The molecule has 108 valence electrons. The lowest BCUT2D eigenvalue weighted by Crippen LogP contribution is -2.34. The highest BCUT2D eigenvalue weighted by atomic mass is 127. The second kappa shape index (κ2) is 7.20. The third-order valence-corrected chi connectivity index (χ3v) is 3.86. The first-order chi connectivity index (χ1) is 9.95. The van der Waals surface area contributed by atoms with Gasteiger partial charge in [0.2, 0.25) is 0 Å². The van der Waals surface area contributed by atoms with Crippen molar-refractivity contribution in [2.75, 3.05) is 5.32 Å². The largest absolute Gasteiger partial charge is 0.332 e. The molecule has 0 aliphatic rings. The zero-order chi connectivity index (χ0) is 15.4. The summed E-state index contributed by atoms with van der Waals surface area (Å²) < 4.78 is 1.14.